The molecule has 0 saturated heterocycles. The van der Waals surface area contributed by atoms with Gasteiger partial charge in [-0.1, -0.05) is 6.92 Å². The zero-order valence-corrected chi connectivity index (χ0v) is 14.0. The largest absolute Gasteiger partial charge is 0.307 e. The van der Waals surface area contributed by atoms with Crippen molar-refractivity contribution in [1.82, 2.24) is 10.3 Å². The second-order valence-electron chi connectivity index (χ2n) is 5.63. The second kappa shape index (κ2) is 6.33. The molecule has 19 heavy (non-hydrogen) atoms. The van der Waals surface area contributed by atoms with Gasteiger partial charge in [0.15, 0.2) is 9.84 Å². The number of sulfone groups is 1. The Labute approximate surface area is 120 Å². The number of rotatable bonds is 6. The first kappa shape index (κ1) is 16.6. The van der Waals surface area contributed by atoms with Gasteiger partial charge in [-0.3, -0.25) is 0 Å². The lowest BCUT2D eigenvalue weighted by atomic mass is 10.3. The third kappa shape index (κ3) is 4.54. The van der Waals surface area contributed by atoms with Crippen LogP contribution < -0.4 is 5.32 Å². The summed E-state index contributed by atoms with van der Waals surface area (Å²) < 4.78 is 23.2. The topological polar surface area (TPSA) is 59.1 Å². The molecule has 0 spiro atoms. The van der Waals surface area contributed by atoms with Gasteiger partial charge in [0.05, 0.1) is 16.5 Å². The Bertz CT molecular complexity index is 501. The van der Waals surface area contributed by atoms with Crippen LogP contribution in [-0.4, -0.2) is 30.4 Å². The summed E-state index contributed by atoms with van der Waals surface area (Å²) in [4.78, 5) is 5.61. The predicted molar refractivity (Wildman–Crippen MR) is 81.4 cm³/mol. The summed E-state index contributed by atoms with van der Waals surface area (Å²) in [6, 6.07) is 0.0977. The standard InChI is InChI=1S/C13H24N2O2S2/c1-6-11-9-15-12(18-11)10(2)14-7-8-19(16,17)13(3,4)5/h9-10,14H,6-8H2,1-5H3. The fourth-order valence-corrected chi connectivity index (χ4v) is 3.37. The summed E-state index contributed by atoms with van der Waals surface area (Å²) in [5.74, 6) is 0.160. The van der Waals surface area contributed by atoms with Crippen molar-refractivity contribution in [1.29, 1.82) is 0 Å². The number of aromatic nitrogens is 1. The molecule has 0 amide bonds. The van der Waals surface area contributed by atoms with Crippen molar-refractivity contribution in [3.63, 3.8) is 0 Å². The van der Waals surface area contributed by atoms with Crippen LogP contribution in [0, 0.1) is 0 Å². The summed E-state index contributed by atoms with van der Waals surface area (Å²) in [6.07, 6.45) is 2.88. The lowest BCUT2D eigenvalue weighted by Gasteiger charge is -2.20. The van der Waals surface area contributed by atoms with Crippen LogP contribution in [0.3, 0.4) is 0 Å². The molecule has 0 aliphatic heterocycles. The number of hydrogen-bond acceptors (Lipinski definition) is 5. The molecule has 0 aromatic carbocycles. The van der Waals surface area contributed by atoms with E-state index in [0.29, 0.717) is 6.54 Å². The van der Waals surface area contributed by atoms with Crippen LogP contribution in [0.25, 0.3) is 0 Å². The SMILES string of the molecule is CCc1cnc(C(C)NCCS(=O)(=O)C(C)(C)C)s1. The molecule has 0 radical (unpaired) electrons. The maximum absolute atomic E-state index is 12.0. The second-order valence-corrected chi connectivity index (χ2v) is 9.63. The van der Waals surface area contributed by atoms with Gasteiger partial charge in [-0.15, -0.1) is 11.3 Å². The van der Waals surface area contributed by atoms with Gasteiger partial charge in [0.25, 0.3) is 0 Å². The summed E-state index contributed by atoms with van der Waals surface area (Å²) in [6.45, 7) is 9.79. The first-order valence-electron chi connectivity index (χ1n) is 6.57. The lowest BCUT2D eigenvalue weighted by molar-refractivity contribution is 0.546. The van der Waals surface area contributed by atoms with Gasteiger partial charge in [0.1, 0.15) is 5.01 Å². The van der Waals surface area contributed by atoms with Crippen LogP contribution in [0.1, 0.15) is 50.5 Å². The monoisotopic (exact) mass is 304 g/mol. The average molecular weight is 304 g/mol. The zero-order valence-electron chi connectivity index (χ0n) is 12.4. The molecule has 1 N–H and O–H groups in total. The van der Waals surface area contributed by atoms with Crippen molar-refractivity contribution < 1.29 is 8.42 Å². The first-order chi connectivity index (χ1) is 8.67. The number of nitrogens with zero attached hydrogens (tertiary/aromatic N) is 1. The van der Waals surface area contributed by atoms with Crippen LogP contribution in [0.2, 0.25) is 0 Å². The summed E-state index contributed by atoms with van der Waals surface area (Å²) in [7, 11) is -3.05. The molecular weight excluding hydrogens is 280 g/mol. The number of aryl methyl sites for hydroxylation is 1. The van der Waals surface area contributed by atoms with Gasteiger partial charge in [-0.25, -0.2) is 13.4 Å². The van der Waals surface area contributed by atoms with Gasteiger partial charge in [0, 0.05) is 17.6 Å². The smallest absolute Gasteiger partial charge is 0.156 e. The van der Waals surface area contributed by atoms with Gasteiger partial charge in [-0.2, -0.15) is 0 Å². The van der Waals surface area contributed by atoms with E-state index in [1.807, 2.05) is 13.1 Å². The Morgan fingerprint density at radius 1 is 1.42 bits per heavy atom. The van der Waals surface area contributed by atoms with E-state index in [1.165, 1.54) is 4.88 Å². The highest BCUT2D eigenvalue weighted by Gasteiger charge is 2.28. The molecule has 110 valence electrons. The van der Waals surface area contributed by atoms with Gasteiger partial charge < -0.3 is 5.32 Å². The van der Waals surface area contributed by atoms with Crippen LogP contribution in [0.15, 0.2) is 6.20 Å². The van der Waals surface area contributed by atoms with Crippen LogP contribution in [0.5, 0.6) is 0 Å². The molecule has 0 aliphatic carbocycles. The third-order valence-corrected chi connectivity index (χ3v) is 6.98. The van der Waals surface area contributed by atoms with Gasteiger partial charge in [-0.05, 0) is 34.1 Å². The minimum Gasteiger partial charge on any atom is -0.307 e. The Kier molecular flexibility index (Phi) is 5.53. The van der Waals surface area contributed by atoms with Crippen LogP contribution >= 0.6 is 11.3 Å². The van der Waals surface area contributed by atoms with E-state index >= 15 is 0 Å². The molecule has 1 unspecified atom stereocenters. The highest BCUT2D eigenvalue weighted by molar-refractivity contribution is 7.92. The fourth-order valence-electron chi connectivity index (χ4n) is 1.49. The van der Waals surface area contributed by atoms with Crippen molar-refractivity contribution in [2.45, 2.75) is 51.8 Å². The quantitative estimate of drug-likeness (QED) is 0.877. The zero-order chi connectivity index (χ0) is 14.7. The normalized spacial score (nSPS) is 14.6. The summed E-state index contributed by atoms with van der Waals surface area (Å²) in [5, 5.41) is 4.25. The number of hydrogen-bond donors (Lipinski definition) is 1. The lowest BCUT2D eigenvalue weighted by Crippen LogP contribution is -2.35. The third-order valence-electron chi connectivity index (χ3n) is 3.04. The molecule has 1 rings (SSSR count). The fraction of sp³-hybridized carbons (Fsp3) is 0.769. The van der Waals surface area contributed by atoms with Crippen LogP contribution in [0.4, 0.5) is 0 Å². The van der Waals surface area contributed by atoms with E-state index in [-0.39, 0.29) is 11.8 Å². The number of nitrogens with one attached hydrogen (secondary N) is 1. The Balaban J connectivity index is 2.50. The van der Waals surface area contributed by atoms with Crippen LogP contribution in [-0.2, 0) is 16.3 Å². The average Bonchev–Trinajstić information content (AvgIpc) is 2.75. The minimum absolute atomic E-state index is 0.0977. The predicted octanol–water partition coefficient (Wildman–Crippen LogP) is 2.57. The molecule has 0 fully saturated rings. The van der Waals surface area contributed by atoms with E-state index < -0.39 is 14.6 Å². The van der Waals surface area contributed by atoms with E-state index in [9.17, 15) is 8.42 Å². The maximum Gasteiger partial charge on any atom is 0.156 e. The molecule has 1 aromatic rings. The summed E-state index contributed by atoms with van der Waals surface area (Å²) >= 11 is 1.68. The van der Waals surface area contributed by atoms with Gasteiger partial charge in [0.2, 0.25) is 0 Å². The van der Waals surface area contributed by atoms with Crippen molar-refractivity contribution >= 4 is 21.2 Å². The highest BCUT2D eigenvalue weighted by atomic mass is 32.2. The Morgan fingerprint density at radius 3 is 2.53 bits per heavy atom. The molecule has 6 heteroatoms. The van der Waals surface area contributed by atoms with Crippen molar-refractivity contribution in [2.75, 3.05) is 12.3 Å². The molecule has 0 aliphatic rings. The van der Waals surface area contributed by atoms with Crippen molar-refractivity contribution in [3.8, 4) is 0 Å². The Hall–Kier alpha value is -0.460. The molecule has 1 atom stereocenters. The molecule has 1 heterocycles. The van der Waals surface area contributed by atoms with E-state index in [4.69, 9.17) is 0 Å². The molecule has 0 bridgehead atoms. The first-order valence-corrected chi connectivity index (χ1v) is 9.04. The molecule has 1 aromatic heterocycles. The van der Waals surface area contributed by atoms with E-state index in [0.717, 1.165) is 11.4 Å². The van der Waals surface area contributed by atoms with Crippen molar-refractivity contribution in [3.05, 3.63) is 16.1 Å². The molecule has 0 saturated carbocycles. The summed E-state index contributed by atoms with van der Waals surface area (Å²) in [5.41, 5.74) is 0. The van der Waals surface area contributed by atoms with E-state index in [2.05, 4.69) is 17.2 Å². The highest BCUT2D eigenvalue weighted by Crippen LogP contribution is 2.20. The van der Waals surface area contributed by atoms with Crippen molar-refractivity contribution in [2.24, 2.45) is 0 Å². The number of thiazole rings is 1. The molecule has 4 nitrogen and oxygen atoms in total. The maximum atomic E-state index is 12.0. The molecular formula is C13H24N2O2S2. The minimum atomic E-state index is -3.05. The Morgan fingerprint density at radius 2 is 2.05 bits per heavy atom. The van der Waals surface area contributed by atoms with E-state index in [1.54, 1.807) is 32.1 Å². The van der Waals surface area contributed by atoms with Gasteiger partial charge >= 0.3 is 0 Å².